The SMILES string of the molecule is CNS(=O)(=O)c1ccc(CCC(=O)Nc2cc(C(C)(C)C)nn2-c2cccc(C)c2)cc1. The average molecular weight is 455 g/mol. The first-order chi connectivity index (χ1) is 15.0. The number of nitrogens with zero attached hydrogens (tertiary/aromatic N) is 2. The molecule has 3 aromatic rings. The van der Waals surface area contributed by atoms with E-state index in [9.17, 15) is 13.2 Å². The van der Waals surface area contributed by atoms with E-state index in [2.05, 4.69) is 30.8 Å². The van der Waals surface area contributed by atoms with E-state index in [1.165, 1.54) is 7.05 Å². The summed E-state index contributed by atoms with van der Waals surface area (Å²) in [6.45, 7) is 8.27. The van der Waals surface area contributed by atoms with E-state index in [1.807, 2.05) is 37.3 Å². The van der Waals surface area contributed by atoms with Crippen molar-refractivity contribution in [3.05, 3.63) is 71.4 Å². The zero-order valence-corrected chi connectivity index (χ0v) is 20.0. The zero-order valence-electron chi connectivity index (χ0n) is 19.1. The van der Waals surface area contributed by atoms with Crippen LogP contribution in [0, 0.1) is 6.92 Å². The van der Waals surface area contributed by atoms with E-state index in [0.717, 1.165) is 22.5 Å². The number of carbonyl (C=O) groups excluding carboxylic acids is 1. The lowest BCUT2D eigenvalue weighted by atomic mass is 9.92. The topological polar surface area (TPSA) is 93.1 Å². The fraction of sp³-hybridized carbons (Fsp3) is 0.333. The van der Waals surface area contributed by atoms with Crippen molar-refractivity contribution in [2.24, 2.45) is 0 Å². The predicted octanol–water partition coefficient (Wildman–Crippen LogP) is 3.96. The smallest absolute Gasteiger partial charge is 0.240 e. The molecule has 2 aromatic carbocycles. The number of nitrogens with one attached hydrogen (secondary N) is 2. The van der Waals surface area contributed by atoms with E-state index in [-0.39, 0.29) is 22.6 Å². The van der Waals surface area contributed by atoms with Crippen molar-refractivity contribution in [2.75, 3.05) is 12.4 Å². The van der Waals surface area contributed by atoms with Crippen molar-refractivity contribution in [3.63, 3.8) is 0 Å². The molecule has 170 valence electrons. The lowest BCUT2D eigenvalue weighted by Gasteiger charge is -2.14. The van der Waals surface area contributed by atoms with Crippen LogP contribution in [0.3, 0.4) is 0 Å². The third-order valence-electron chi connectivity index (χ3n) is 5.13. The molecule has 0 fully saturated rings. The van der Waals surface area contributed by atoms with Gasteiger partial charge in [-0.05, 0) is 55.8 Å². The molecule has 0 aliphatic rings. The summed E-state index contributed by atoms with van der Waals surface area (Å²) in [6, 6.07) is 16.4. The Balaban J connectivity index is 1.75. The molecule has 2 N–H and O–H groups in total. The van der Waals surface area contributed by atoms with Crippen LogP contribution >= 0.6 is 0 Å². The first-order valence-electron chi connectivity index (χ1n) is 10.5. The first kappa shape index (κ1) is 23.7. The zero-order chi connectivity index (χ0) is 23.5. The Hall–Kier alpha value is -2.97. The van der Waals surface area contributed by atoms with E-state index in [4.69, 9.17) is 5.10 Å². The van der Waals surface area contributed by atoms with Gasteiger partial charge >= 0.3 is 0 Å². The van der Waals surface area contributed by atoms with Crippen molar-refractivity contribution in [3.8, 4) is 5.69 Å². The van der Waals surface area contributed by atoms with Gasteiger partial charge in [-0.25, -0.2) is 17.8 Å². The number of aromatic nitrogens is 2. The van der Waals surface area contributed by atoms with Crippen LogP contribution in [0.4, 0.5) is 5.82 Å². The maximum absolute atomic E-state index is 12.7. The third-order valence-corrected chi connectivity index (χ3v) is 6.56. The number of sulfonamides is 1. The minimum absolute atomic E-state index is 0.133. The summed E-state index contributed by atoms with van der Waals surface area (Å²) in [7, 11) is -2.09. The molecule has 0 saturated heterocycles. The van der Waals surface area contributed by atoms with Gasteiger partial charge in [0.2, 0.25) is 15.9 Å². The van der Waals surface area contributed by atoms with Gasteiger partial charge in [-0.2, -0.15) is 5.10 Å². The Kier molecular flexibility index (Phi) is 6.85. The van der Waals surface area contributed by atoms with E-state index >= 15 is 0 Å². The number of hydrogen-bond donors (Lipinski definition) is 2. The van der Waals surface area contributed by atoms with Crippen molar-refractivity contribution in [2.45, 2.75) is 50.8 Å². The van der Waals surface area contributed by atoms with Crippen LogP contribution in [0.2, 0.25) is 0 Å². The molecular formula is C24H30N4O3S. The van der Waals surface area contributed by atoms with Crippen LogP contribution in [-0.4, -0.2) is 31.2 Å². The molecule has 0 saturated carbocycles. The molecule has 32 heavy (non-hydrogen) atoms. The largest absolute Gasteiger partial charge is 0.311 e. The Morgan fingerprint density at radius 2 is 1.75 bits per heavy atom. The monoisotopic (exact) mass is 454 g/mol. The minimum atomic E-state index is -3.47. The molecule has 0 atom stereocenters. The molecule has 7 nitrogen and oxygen atoms in total. The molecule has 1 heterocycles. The number of aryl methyl sites for hydroxylation is 2. The second-order valence-corrected chi connectivity index (χ2v) is 10.7. The predicted molar refractivity (Wildman–Crippen MR) is 127 cm³/mol. The quantitative estimate of drug-likeness (QED) is 0.565. The molecule has 0 aliphatic carbocycles. The number of benzene rings is 2. The average Bonchev–Trinajstić information content (AvgIpc) is 3.17. The lowest BCUT2D eigenvalue weighted by molar-refractivity contribution is -0.116. The normalized spacial score (nSPS) is 12.0. The first-order valence-corrected chi connectivity index (χ1v) is 12.0. The summed E-state index contributed by atoms with van der Waals surface area (Å²) in [6.07, 6.45) is 0.762. The maximum Gasteiger partial charge on any atom is 0.240 e. The third kappa shape index (κ3) is 5.63. The molecule has 0 bridgehead atoms. The lowest BCUT2D eigenvalue weighted by Crippen LogP contribution is -2.18. The summed E-state index contributed by atoms with van der Waals surface area (Å²) < 4.78 is 27.7. The molecule has 0 unspecified atom stereocenters. The Labute approximate surface area is 189 Å². The van der Waals surface area contributed by atoms with Gasteiger partial charge in [0.1, 0.15) is 5.82 Å². The Bertz CT molecular complexity index is 1210. The maximum atomic E-state index is 12.7. The number of carbonyl (C=O) groups is 1. The molecule has 0 spiro atoms. The van der Waals surface area contributed by atoms with Crippen LogP contribution in [0.15, 0.2) is 59.5 Å². The van der Waals surface area contributed by atoms with Gasteiger partial charge < -0.3 is 5.32 Å². The minimum Gasteiger partial charge on any atom is -0.311 e. The standard InChI is InChI=1S/C24H30N4O3S/c1-17-7-6-8-19(15-17)28-22(16-21(27-28)24(2,3)4)26-23(29)14-11-18-9-12-20(13-10-18)32(30,31)25-5/h6-10,12-13,15-16,25H,11,14H2,1-5H3,(H,26,29). The van der Waals surface area contributed by atoms with E-state index in [1.54, 1.807) is 28.9 Å². The molecule has 0 aliphatic heterocycles. The summed E-state index contributed by atoms with van der Waals surface area (Å²) in [5.74, 6) is 0.493. The van der Waals surface area contributed by atoms with Gasteiger partial charge in [0, 0.05) is 17.9 Å². The van der Waals surface area contributed by atoms with Gasteiger partial charge in [0.05, 0.1) is 16.3 Å². The van der Waals surface area contributed by atoms with Crippen molar-refractivity contribution in [1.82, 2.24) is 14.5 Å². The molecule has 1 amide bonds. The molecule has 0 radical (unpaired) electrons. The molecular weight excluding hydrogens is 424 g/mol. The highest BCUT2D eigenvalue weighted by atomic mass is 32.2. The molecule has 3 rings (SSSR count). The van der Waals surface area contributed by atoms with Gasteiger partial charge in [0.25, 0.3) is 0 Å². The van der Waals surface area contributed by atoms with Crippen LogP contribution in [0.1, 0.15) is 44.0 Å². The highest BCUT2D eigenvalue weighted by molar-refractivity contribution is 7.89. The molecule has 8 heteroatoms. The van der Waals surface area contributed by atoms with Crippen LogP contribution < -0.4 is 10.0 Å². The highest BCUT2D eigenvalue weighted by Crippen LogP contribution is 2.26. The number of rotatable bonds is 7. The van der Waals surface area contributed by atoms with Gasteiger partial charge in [0.15, 0.2) is 0 Å². The summed E-state index contributed by atoms with van der Waals surface area (Å²) in [4.78, 5) is 12.9. The highest BCUT2D eigenvalue weighted by Gasteiger charge is 2.21. The van der Waals surface area contributed by atoms with Crippen LogP contribution in [0.25, 0.3) is 5.69 Å². The summed E-state index contributed by atoms with van der Waals surface area (Å²) >= 11 is 0. The van der Waals surface area contributed by atoms with Crippen molar-refractivity contribution in [1.29, 1.82) is 0 Å². The fourth-order valence-electron chi connectivity index (χ4n) is 3.21. The molecule has 1 aromatic heterocycles. The summed E-state index contributed by atoms with van der Waals surface area (Å²) in [5, 5.41) is 7.74. The second-order valence-electron chi connectivity index (χ2n) is 8.82. The van der Waals surface area contributed by atoms with Gasteiger partial charge in [-0.15, -0.1) is 0 Å². The van der Waals surface area contributed by atoms with Crippen molar-refractivity contribution < 1.29 is 13.2 Å². The van der Waals surface area contributed by atoms with Gasteiger partial charge in [-0.3, -0.25) is 4.79 Å². The summed E-state index contributed by atoms with van der Waals surface area (Å²) in [5.41, 5.74) is 3.60. The second kappa shape index (κ2) is 9.26. The number of amides is 1. The van der Waals surface area contributed by atoms with Crippen LogP contribution in [0.5, 0.6) is 0 Å². The van der Waals surface area contributed by atoms with E-state index in [0.29, 0.717) is 12.2 Å². The Morgan fingerprint density at radius 1 is 1.06 bits per heavy atom. The van der Waals surface area contributed by atoms with E-state index < -0.39 is 10.0 Å². The van der Waals surface area contributed by atoms with Crippen LogP contribution in [-0.2, 0) is 26.7 Å². The number of anilines is 1. The number of hydrogen-bond acceptors (Lipinski definition) is 4. The fourth-order valence-corrected chi connectivity index (χ4v) is 3.94. The van der Waals surface area contributed by atoms with Crippen molar-refractivity contribution >= 4 is 21.7 Å². The van der Waals surface area contributed by atoms with Gasteiger partial charge in [-0.1, -0.05) is 45.0 Å². The Morgan fingerprint density at radius 3 is 2.34 bits per heavy atom.